The van der Waals surface area contributed by atoms with Gasteiger partial charge in [0.25, 0.3) is 5.91 Å². The lowest BCUT2D eigenvalue weighted by Gasteiger charge is -2.13. The molecule has 0 bridgehead atoms. The smallest absolute Gasteiger partial charge is 0.338 e. The van der Waals surface area contributed by atoms with E-state index in [1.807, 2.05) is 25.1 Å². The van der Waals surface area contributed by atoms with E-state index in [0.717, 1.165) is 10.6 Å². The minimum atomic E-state index is -0.381. The highest BCUT2D eigenvalue weighted by atomic mass is 32.2. The summed E-state index contributed by atoms with van der Waals surface area (Å²) in [5, 5.41) is 2.90. The van der Waals surface area contributed by atoms with Crippen LogP contribution in [0.3, 0.4) is 0 Å². The first kappa shape index (κ1) is 18.1. The minimum Gasteiger partial charge on any atom is -0.462 e. The van der Waals surface area contributed by atoms with Gasteiger partial charge in [-0.15, -0.1) is 11.8 Å². The Balaban J connectivity index is 2.27. The van der Waals surface area contributed by atoms with Gasteiger partial charge in [0.2, 0.25) is 0 Å². The Labute approximate surface area is 146 Å². The number of carbonyl (C=O) groups excluding carboxylic acids is 2. The van der Waals surface area contributed by atoms with E-state index in [1.54, 1.807) is 49.9 Å². The van der Waals surface area contributed by atoms with Gasteiger partial charge in [0.05, 0.1) is 17.7 Å². The molecule has 0 spiro atoms. The van der Waals surface area contributed by atoms with Crippen LogP contribution in [0.15, 0.2) is 47.4 Å². The average molecular weight is 343 g/mol. The molecule has 0 aromatic heterocycles. The maximum absolute atomic E-state index is 12.6. The maximum Gasteiger partial charge on any atom is 0.338 e. The summed E-state index contributed by atoms with van der Waals surface area (Å²) in [7, 11) is 0. The first-order valence-corrected chi connectivity index (χ1v) is 8.87. The van der Waals surface area contributed by atoms with Gasteiger partial charge in [0.1, 0.15) is 0 Å². The molecule has 0 saturated heterocycles. The largest absolute Gasteiger partial charge is 0.462 e. The zero-order valence-corrected chi connectivity index (χ0v) is 14.9. The third-order valence-corrected chi connectivity index (χ3v) is 4.46. The van der Waals surface area contributed by atoms with Crippen LogP contribution in [-0.2, 0) is 4.74 Å². The monoisotopic (exact) mass is 343 g/mol. The number of esters is 1. The molecule has 126 valence electrons. The number of anilines is 1. The SMILES string of the molecule is CCOC(=O)c1cccc(NC(=O)c2ccccc2SCC)c1C. The van der Waals surface area contributed by atoms with E-state index in [1.165, 1.54) is 0 Å². The Morgan fingerprint density at radius 2 is 1.75 bits per heavy atom. The number of nitrogens with one attached hydrogen (secondary N) is 1. The minimum absolute atomic E-state index is 0.185. The number of benzene rings is 2. The summed E-state index contributed by atoms with van der Waals surface area (Å²) >= 11 is 1.62. The molecule has 2 aromatic rings. The van der Waals surface area contributed by atoms with E-state index in [4.69, 9.17) is 4.74 Å². The Hall–Kier alpha value is -2.27. The molecule has 4 nitrogen and oxygen atoms in total. The van der Waals surface area contributed by atoms with Crippen molar-refractivity contribution < 1.29 is 14.3 Å². The van der Waals surface area contributed by atoms with E-state index < -0.39 is 0 Å². The van der Waals surface area contributed by atoms with Gasteiger partial charge in [-0.1, -0.05) is 25.1 Å². The Bertz CT molecular complexity index is 743. The maximum atomic E-state index is 12.6. The van der Waals surface area contributed by atoms with E-state index >= 15 is 0 Å². The van der Waals surface area contributed by atoms with Gasteiger partial charge in [0.15, 0.2) is 0 Å². The lowest BCUT2D eigenvalue weighted by atomic mass is 10.1. The highest BCUT2D eigenvalue weighted by molar-refractivity contribution is 7.99. The number of hydrogen-bond donors (Lipinski definition) is 1. The van der Waals surface area contributed by atoms with Gasteiger partial charge in [-0.25, -0.2) is 4.79 Å². The molecular formula is C19H21NO3S. The second-order valence-corrected chi connectivity index (χ2v) is 6.39. The summed E-state index contributed by atoms with van der Waals surface area (Å²) in [5.74, 6) is 0.325. The van der Waals surface area contributed by atoms with Gasteiger partial charge >= 0.3 is 5.97 Å². The quantitative estimate of drug-likeness (QED) is 0.618. The molecule has 0 aliphatic rings. The predicted molar refractivity (Wildman–Crippen MR) is 97.9 cm³/mol. The van der Waals surface area contributed by atoms with Crippen molar-refractivity contribution in [1.82, 2.24) is 0 Å². The summed E-state index contributed by atoms with van der Waals surface area (Å²) in [6, 6.07) is 12.7. The highest BCUT2D eigenvalue weighted by Gasteiger charge is 2.16. The zero-order chi connectivity index (χ0) is 17.5. The van der Waals surface area contributed by atoms with Crippen LogP contribution in [0.25, 0.3) is 0 Å². The summed E-state index contributed by atoms with van der Waals surface area (Å²) in [6.07, 6.45) is 0. The van der Waals surface area contributed by atoms with Crippen molar-refractivity contribution in [3.63, 3.8) is 0 Å². The molecule has 1 N–H and O–H groups in total. The Morgan fingerprint density at radius 1 is 1.04 bits per heavy atom. The molecule has 0 aliphatic heterocycles. The van der Waals surface area contributed by atoms with Crippen LogP contribution in [0.1, 0.15) is 40.1 Å². The van der Waals surface area contributed by atoms with Gasteiger partial charge < -0.3 is 10.1 Å². The first-order chi connectivity index (χ1) is 11.6. The van der Waals surface area contributed by atoms with Crippen LogP contribution >= 0.6 is 11.8 Å². The molecule has 0 atom stereocenters. The molecule has 0 fully saturated rings. The lowest BCUT2D eigenvalue weighted by Crippen LogP contribution is -2.15. The van der Waals surface area contributed by atoms with Crippen molar-refractivity contribution in [3.8, 4) is 0 Å². The van der Waals surface area contributed by atoms with E-state index in [-0.39, 0.29) is 11.9 Å². The zero-order valence-electron chi connectivity index (χ0n) is 14.1. The summed E-state index contributed by atoms with van der Waals surface area (Å²) in [5.41, 5.74) is 2.41. The number of ether oxygens (including phenoxy) is 1. The third kappa shape index (κ3) is 4.17. The molecule has 5 heteroatoms. The highest BCUT2D eigenvalue weighted by Crippen LogP contribution is 2.25. The summed E-state index contributed by atoms with van der Waals surface area (Å²) in [4.78, 5) is 25.5. The van der Waals surface area contributed by atoms with Gasteiger partial charge in [-0.05, 0) is 49.4 Å². The number of amides is 1. The van der Waals surface area contributed by atoms with Crippen LogP contribution in [0, 0.1) is 6.92 Å². The number of thioether (sulfide) groups is 1. The molecule has 2 aromatic carbocycles. The van der Waals surface area contributed by atoms with Crippen molar-refractivity contribution >= 4 is 29.3 Å². The van der Waals surface area contributed by atoms with Crippen molar-refractivity contribution in [2.45, 2.75) is 25.7 Å². The number of rotatable bonds is 6. The fourth-order valence-electron chi connectivity index (χ4n) is 2.33. The molecule has 0 heterocycles. The topological polar surface area (TPSA) is 55.4 Å². The normalized spacial score (nSPS) is 10.3. The van der Waals surface area contributed by atoms with Crippen molar-refractivity contribution in [2.24, 2.45) is 0 Å². The van der Waals surface area contributed by atoms with Gasteiger partial charge in [-0.3, -0.25) is 4.79 Å². The predicted octanol–water partition coefficient (Wildman–Crippen LogP) is 4.54. The molecule has 1 amide bonds. The van der Waals surface area contributed by atoms with Crippen LogP contribution < -0.4 is 5.32 Å². The molecule has 24 heavy (non-hydrogen) atoms. The molecular weight excluding hydrogens is 322 g/mol. The van der Waals surface area contributed by atoms with Crippen molar-refractivity contribution in [2.75, 3.05) is 17.7 Å². The van der Waals surface area contributed by atoms with E-state index in [9.17, 15) is 9.59 Å². The fourth-order valence-corrected chi connectivity index (χ4v) is 3.13. The van der Waals surface area contributed by atoms with Crippen LogP contribution in [0.4, 0.5) is 5.69 Å². The molecule has 0 saturated carbocycles. The van der Waals surface area contributed by atoms with E-state index in [2.05, 4.69) is 5.32 Å². The number of carbonyl (C=O) groups is 2. The van der Waals surface area contributed by atoms with Gasteiger partial charge in [0, 0.05) is 10.6 Å². The summed E-state index contributed by atoms with van der Waals surface area (Å²) in [6.45, 7) is 5.93. The molecule has 0 radical (unpaired) electrons. The van der Waals surface area contributed by atoms with Crippen LogP contribution in [0.2, 0.25) is 0 Å². The second kappa shape index (κ2) is 8.55. The lowest BCUT2D eigenvalue weighted by molar-refractivity contribution is 0.0525. The third-order valence-electron chi connectivity index (χ3n) is 3.51. The molecule has 2 rings (SSSR count). The van der Waals surface area contributed by atoms with Crippen molar-refractivity contribution in [1.29, 1.82) is 0 Å². The van der Waals surface area contributed by atoms with E-state index in [0.29, 0.717) is 29.0 Å². The molecule has 0 unspecified atom stereocenters. The molecule has 0 aliphatic carbocycles. The Kier molecular flexibility index (Phi) is 6.44. The summed E-state index contributed by atoms with van der Waals surface area (Å²) < 4.78 is 5.05. The van der Waals surface area contributed by atoms with Crippen LogP contribution in [0.5, 0.6) is 0 Å². The van der Waals surface area contributed by atoms with Gasteiger partial charge in [-0.2, -0.15) is 0 Å². The van der Waals surface area contributed by atoms with Crippen molar-refractivity contribution in [3.05, 3.63) is 59.2 Å². The average Bonchev–Trinajstić information content (AvgIpc) is 2.57. The van der Waals surface area contributed by atoms with Crippen LogP contribution in [-0.4, -0.2) is 24.2 Å². The first-order valence-electron chi connectivity index (χ1n) is 7.88. The fraction of sp³-hybridized carbons (Fsp3) is 0.263. The standard InChI is InChI=1S/C19H21NO3S/c1-4-23-19(22)14-10-8-11-16(13(14)3)20-18(21)15-9-6-7-12-17(15)24-5-2/h6-12H,4-5H2,1-3H3,(H,20,21). The second-order valence-electron chi connectivity index (χ2n) is 5.08. The number of hydrogen-bond acceptors (Lipinski definition) is 4. The Morgan fingerprint density at radius 3 is 2.46 bits per heavy atom.